The average Bonchev–Trinajstić information content (AvgIpc) is 3.40. The molecular formula is C44H79NO4. The van der Waals surface area contributed by atoms with Gasteiger partial charge in [0.05, 0.1) is 6.10 Å². The van der Waals surface area contributed by atoms with Crippen LogP contribution in [0.15, 0.2) is 48.6 Å². The van der Waals surface area contributed by atoms with Crippen molar-refractivity contribution in [1.82, 2.24) is 4.90 Å². The van der Waals surface area contributed by atoms with Crippen LogP contribution >= 0.6 is 0 Å². The molecule has 2 heterocycles. The van der Waals surface area contributed by atoms with Crippen LogP contribution < -0.4 is 0 Å². The van der Waals surface area contributed by atoms with Gasteiger partial charge in [0.1, 0.15) is 18.3 Å². The van der Waals surface area contributed by atoms with E-state index in [2.05, 4.69) is 67.4 Å². The molecule has 2 aliphatic heterocycles. The number of aliphatic hydroxyl groups is 2. The number of likely N-dealkylation sites (tertiary alicyclic amines) is 1. The first-order chi connectivity index (χ1) is 24.0. The number of fused-ring (bicyclic) bond motifs is 1. The van der Waals surface area contributed by atoms with Crippen molar-refractivity contribution in [2.24, 2.45) is 0 Å². The van der Waals surface area contributed by atoms with E-state index >= 15 is 0 Å². The zero-order valence-corrected chi connectivity index (χ0v) is 32.4. The smallest absolute Gasteiger partial charge is 0.169 e. The summed E-state index contributed by atoms with van der Waals surface area (Å²) in [6, 6.07) is 0. The first-order valence-electron chi connectivity index (χ1n) is 21.0. The molecule has 0 bridgehead atoms. The molecule has 284 valence electrons. The molecule has 2 unspecified atom stereocenters. The van der Waals surface area contributed by atoms with E-state index in [9.17, 15) is 10.2 Å². The van der Waals surface area contributed by atoms with Crippen molar-refractivity contribution >= 4 is 0 Å². The van der Waals surface area contributed by atoms with Crippen molar-refractivity contribution in [3.63, 3.8) is 0 Å². The minimum atomic E-state index is -0.899. The van der Waals surface area contributed by atoms with E-state index in [0.29, 0.717) is 13.1 Å². The number of allylic oxidation sites excluding steroid dienone is 8. The summed E-state index contributed by atoms with van der Waals surface area (Å²) in [7, 11) is 1.99. The summed E-state index contributed by atoms with van der Waals surface area (Å²) < 4.78 is 13.3. The molecular weight excluding hydrogens is 606 g/mol. The molecule has 0 amide bonds. The molecule has 0 aromatic rings. The topological polar surface area (TPSA) is 62.2 Å². The van der Waals surface area contributed by atoms with Crippen molar-refractivity contribution in [1.29, 1.82) is 0 Å². The predicted molar refractivity (Wildman–Crippen MR) is 210 cm³/mol. The van der Waals surface area contributed by atoms with Crippen LogP contribution in [0.5, 0.6) is 0 Å². The monoisotopic (exact) mass is 686 g/mol. The van der Waals surface area contributed by atoms with Gasteiger partial charge >= 0.3 is 0 Å². The van der Waals surface area contributed by atoms with E-state index in [0.717, 1.165) is 38.5 Å². The Labute approximate surface area is 303 Å². The molecule has 0 saturated carbocycles. The molecule has 2 saturated heterocycles. The summed E-state index contributed by atoms with van der Waals surface area (Å²) in [5.41, 5.74) is 0. The first kappa shape index (κ1) is 43.9. The van der Waals surface area contributed by atoms with E-state index in [1.807, 2.05) is 7.05 Å². The second kappa shape index (κ2) is 29.3. The summed E-state index contributed by atoms with van der Waals surface area (Å²) >= 11 is 0. The third-order valence-corrected chi connectivity index (χ3v) is 10.3. The van der Waals surface area contributed by atoms with Crippen LogP contribution in [0.3, 0.4) is 0 Å². The highest BCUT2D eigenvalue weighted by molar-refractivity contribution is 4.97. The number of aliphatic hydroxyl groups excluding tert-OH is 2. The van der Waals surface area contributed by atoms with Gasteiger partial charge in [-0.05, 0) is 84.1 Å². The number of rotatable bonds is 30. The summed E-state index contributed by atoms with van der Waals surface area (Å²) in [5, 5.41) is 21.5. The Morgan fingerprint density at radius 1 is 0.531 bits per heavy atom. The summed E-state index contributed by atoms with van der Waals surface area (Å²) in [5.74, 6) is -0.626. The summed E-state index contributed by atoms with van der Waals surface area (Å²) in [4.78, 5) is 2.07. The fourth-order valence-corrected chi connectivity index (χ4v) is 7.28. The molecule has 0 aromatic heterocycles. The Morgan fingerprint density at radius 3 is 1.39 bits per heavy atom. The van der Waals surface area contributed by atoms with Gasteiger partial charge in [-0.25, -0.2) is 0 Å². The molecule has 2 aliphatic rings. The predicted octanol–water partition coefficient (Wildman–Crippen LogP) is 11.5. The normalized spacial score (nSPS) is 25.1. The van der Waals surface area contributed by atoms with Crippen molar-refractivity contribution in [2.75, 3.05) is 20.1 Å². The quantitative estimate of drug-likeness (QED) is 0.0582. The average molecular weight is 686 g/mol. The highest BCUT2D eigenvalue weighted by Gasteiger charge is 2.52. The Kier molecular flexibility index (Phi) is 26.3. The maximum Gasteiger partial charge on any atom is 0.169 e. The van der Waals surface area contributed by atoms with Crippen LogP contribution in [-0.4, -0.2) is 65.5 Å². The van der Waals surface area contributed by atoms with Crippen LogP contribution in [-0.2, 0) is 9.47 Å². The van der Waals surface area contributed by atoms with Crippen LogP contribution in [0.4, 0.5) is 0 Å². The maximum absolute atomic E-state index is 10.9. The second-order valence-electron chi connectivity index (χ2n) is 15.1. The van der Waals surface area contributed by atoms with Gasteiger partial charge in [0.25, 0.3) is 0 Å². The lowest BCUT2D eigenvalue weighted by molar-refractivity contribution is -0.201. The van der Waals surface area contributed by atoms with Crippen LogP contribution in [0.1, 0.15) is 181 Å². The number of hydrogen-bond donors (Lipinski definition) is 2. The maximum atomic E-state index is 10.9. The molecule has 0 aromatic carbocycles. The van der Waals surface area contributed by atoms with Gasteiger partial charge in [-0.15, -0.1) is 0 Å². The van der Waals surface area contributed by atoms with Crippen LogP contribution in [0.25, 0.3) is 0 Å². The molecule has 2 N–H and O–H groups in total. The second-order valence-corrected chi connectivity index (χ2v) is 15.1. The highest BCUT2D eigenvalue weighted by atomic mass is 16.8. The van der Waals surface area contributed by atoms with E-state index in [-0.39, 0.29) is 6.10 Å². The van der Waals surface area contributed by atoms with Crippen molar-refractivity contribution in [2.45, 2.75) is 211 Å². The number of likely N-dealkylation sites (N-methyl/N-ethyl adjacent to an activating group) is 1. The van der Waals surface area contributed by atoms with Gasteiger partial charge in [-0.3, -0.25) is 0 Å². The molecule has 0 radical (unpaired) electrons. The van der Waals surface area contributed by atoms with Gasteiger partial charge in [-0.2, -0.15) is 0 Å². The van der Waals surface area contributed by atoms with Crippen molar-refractivity contribution in [3.05, 3.63) is 48.6 Å². The lowest BCUT2D eigenvalue weighted by atomic mass is 9.98. The summed E-state index contributed by atoms with van der Waals surface area (Å²) in [6.07, 6.45) is 47.7. The van der Waals surface area contributed by atoms with Crippen LogP contribution in [0.2, 0.25) is 0 Å². The van der Waals surface area contributed by atoms with E-state index in [1.54, 1.807) is 0 Å². The summed E-state index contributed by atoms with van der Waals surface area (Å²) in [6.45, 7) is 5.65. The number of nitrogens with zero attached hydrogens (tertiary/aromatic N) is 1. The van der Waals surface area contributed by atoms with Gasteiger partial charge in [0.15, 0.2) is 5.79 Å². The van der Waals surface area contributed by atoms with E-state index in [4.69, 9.17) is 9.47 Å². The number of unbranched alkanes of at least 4 members (excludes halogenated alkanes) is 18. The van der Waals surface area contributed by atoms with Gasteiger partial charge in [0.2, 0.25) is 0 Å². The minimum Gasteiger partial charge on any atom is -0.389 e. The van der Waals surface area contributed by atoms with Crippen molar-refractivity contribution < 1.29 is 19.7 Å². The number of hydrogen-bond acceptors (Lipinski definition) is 5. The zero-order chi connectivity index (χ0) is 35.3. The number of β-amino-alcohol motifs (C(OH)–C–C–N with tert-alkyl or cyclic N) is 1. The zero-order valence-electron chi connectivity index (χ0n) is 32.4. The highest BCUT2D eigenvalue weighted by Crippen LogP contribution is 2.40. The molecule has 0 aliphatic carbocycles. The Bertz CT molecular complexity index is 834. The fraction of sp³-hybridized carbons (Fsp3) is 0.818. The lowest BCUT2D eigenvalue weighted by Crippen LogP contribution is -2.43. The number of ether oxygens (including phenoxy) is 2. The fourth-order valence-electron chi connectivity index (χ4n) is 7.28. The standard InChI is InChI=1S/C44H79NO4/c1-4-6-8-10-12-14-16-18-20-22-24-26-28-30-32-34-36-44(48-41-39-45(3)38-40(46)42(47)43(41)49-44)37-35-33-31-29-27-25-23-21-19-17-15-13-11-9-7-5-2/h12-15,18-21,40-43,46-47H,4-11,16-17,22-39H2,1-3H3/t40-,41?,42-,43?,44?/m1/s1. The third-order valence-electron chi connectivity index (χ3n) is 10.3. The molecule has 2 rings (SSSR count). The van der Waals surface area contributed by atoms with Gasteiger partial charge in [0, 0.05) is 25.9 Å². The van der Waals surface area contributed by atoms with Crippen molar-refractivity contribution in [3.8, 4) is 0 Å². The minimum absolute atomic E-state index is 0.189. The lowest BCUT2D eigenvalue weighted by Gasteiger charge is -2.31. The van der Waals surface area contributed by atoms with E-state index < -0.39 is 24.1 Å². The van der Waals surface area contributed by atoms with Crippen LogP contribution in [0, 0.1) is 0 Å². The van der Waals surface area contributed by atoms with Gasteiger partial charge in [-0.1, -0.05) is 140 Å². The molecule has 0 spiro atoms. The Hall–Kier alpha value is -1.24. The SMILES string of the molecule is CCCCCC=CCC=CCCCCCCCCC1(CCCCCCCCC=CCC=CCCCCC)OC2CN(C)C[C@@H](O)[C@@H](O)C2O1. The molecule has 49 heavy (non-hydrogen) atoms. The molecule has 2 fully saturated rings. The van der Waals surface area contributed by atoms with E-state index in [1.165, 1.54) is 128 Å². The molecule has 5 nitrogen and oxygen atoms in total. The third kappa shape index (κ3) is 21.0. The molecule has 5 heteroatoms. The Balaban J connectivity index is 1.64. The largest absolute Gasteiger partial charge is 0.389 e. The Morgan fingerprint density at radius 2 is 0.939 bits per heavy atom. The molecule has 4 atom stereocenters. The first-order valence-corrected chi connectivity index (χ1v) is 21.0. The van der Waals surface area contributed by atoms with Gasteiger partial charge < -0.3 is 24.6 Å².